The number of hydrogen-bond acceptors (Lipinski definition) is 1. The van der Waals surface area contributed by atoms with E-state index in [0.29, 0.717) is 0 Å². The van der Waals surface area contributed by atoms with Crippen molar-refractivity contribution in [2.75, 3.05) is 28.2 Å². The fourth-order valence-electron chi connectivity index (χ4n) is 0.400. The van der Waals surface area contributed by atoms with Gasteiger partial charge in [0.05, 0.1) is 0 Å². The maximum atomic E-state index is 10.7. The normalized spacial score (nSPS) is 6.80. The summed E-state index contributed by atoms with van der Waals surface area (Å²) in [6.45, 7) is 0. The van der Waals surface area contributed by atoms with Crippen LogP contribution in [0.3, 0.4) is 0 Å². The predicted molar refractivity (Wildman–Crippen MR) is 32.8 cm³/mol. The van der Waals surface area contributed by atoms with Crippen LogP contribution in [0, 0.1) is 0 Å². The molecular formula is C5H12ClLiN2O. The molecule has 0 radical (unpaired) electrons. The van der Waals surface area contributed by atoms with Gasteiger partial charge in [0.25, 0.3) is 0 Å². The Morgan fingerprint density at radius 3 is 1.20 bits per heavy atom. The molecular weight excluding hydrogens is 146 g/mol. The minimum atomic E-state index is 0. The van der Waals surface area contributed by atoms with E-state index in [1.807, 2.05) is 0 Å². The molecule has 0 aliphatic heterocycles. The van der Waals surface area contributed by atoms with E-state index < -0.39 is 0 Å². The van der Waals surface area contributed by atoms with Crippen LogP contribution in [0.1, 0.15) is 0 Å². The number of rotatable bonds is 0. The van der Waals surface area contributed by atoms with Gasteiger partial charge < -0.3 is 22.2 Å². The number of carbonyl (C=O) groups excluding carboxylic acids is 1. The SMILES string of the molecule is CN(C)C(=O)N(C)C.[Cl-].[Li+]. The third-order valence-electron chi connectivity index (χ3n) is 0.765. The molecule has 0 bridgehead atoms. The van der Waals surface area contributed by atoms with Crippen molar-refractivity contribution in [1.82, 2.24) is 9.80 Å². The molecule has 0 aliphatic rings. The van der Waals surface area contributed by atoms with E-state index in [0.717, 1.165) is 0 Å². The summed E-state index contributed by atoms with van der Waals surface area (Å²) in [4.78, 5) is 13.8. The summed E-state index contributed by atoms with van der Waals surface area (Å²) in [5.74, 6) is 0. The first kappa shape index (κ1) is 16.6. The van der Waals surface area contributed by atoms with Crippen molar-refractivity contribution in [1.29, 1.82) is 0 Å². The fourth-order valence-corrected chi connectivity index (χ4v) is 0.400. The topological polar surface area (TPSA) is 23.6 Å². The van der Waals surface area contributed by atoms with Crippen LogP contribution in [0.2, 0.25) is 0 Å². The molecule has 0 saturated carbocycles. The Bertz CT molecular complexity index is 87.6. The Labute approximate surface area is 80.3 Å². The van der Waals surface area contributed by atoms with E-state index in [1.54, 1.807) is 28.2 Å². The second-order valence-electron chi connectivity index (χ2n) is 2.07. The maximum Gasteiger partial charge on any atom is 1.00 e. The van der Waals surface area contributed by atoms with Crippen LogP contribution < -0.4 is 31.3 Å². The average Bonchev–Trinajstić information content (AvgIpc) is 1.64. The standard InChI is InChI=1S/C5H12N2O.ClH.Li/c1-6(2)5(8)7(3)4;;/h1-4H3;1H;/q;;+1/p-1. The molecule has 0 atom stereocenters. The predicted octanol–water partition coefficient (Wildman–Crippen LogP) is -5.76. The van der Waals surface area contributed by atoms with Gasteiger partial charge in [-0.3, -0.25) is 0 Å². The van der Waals surface area contributed by atoms with Crippen molar-refractivity contribution < 1.29 is 36.1 Å². The molecule has 0 aromatic carbocycles. The van der Waals surface area contributed by atoms with Crippen molar-refractivity contribution in [3.8, 4) is 0 Å². The number of amides is 2. The number of urea groups is 1. The molecule has 10 heavy (non-hydrogen) atoms. The van der Waals surface area contributed by atoms with E-state index in [4.69, 9.17) is 0 Å². The fraction of sp³-hybridized carbons (Fsp3) is 0.800. The van der Waals surface area contributed by atoms with Gasteiger partial charge in [0, 0.05) is 28.2 Å². The van der Waals surface area contributed by atoms with Crippen molar-refractivity contribution in [2.24, 2.45) is 0 Å². The molecule has 0 aliphatic carbocycles. The Morgan fingerprint density at radius 1 is 1.00 bits per heavy atom. The smallest absolute Gasteiger partial charge is 1.00 e. The molecule has 5 heteroatoms. The molecule has 0 spiro atoms. The molecule has 0 saturated heterocycles. The monoisotopic (exact) mass is 158 g/mol. The van der Waals surface area contributed by atoms with Crippen LogP contribution >= 0.6 is 0 Å². The minimum absolute atomic E-state index is 0. The van der Waals surface area contributed by atoms with E-state index in [1.165, 1.54) is 9.80 Å². The van der Waals surface area contributed by atoms with Crippen LogP contribution in [0.15, 0.2) is 0 Å². The van der Waals surface area contributed by atoms with Crippen LogP contribution in [0.25, 0.3) is 0 Å². The second-order valence-corrected chi connectivity index (χ2v) is 2.07. The van der Waals surface area contributed by atoms with Gasteiger partial charge in [0.2, 0.25) is 0 Å². The zero-order chi connectivity index (χ0) is 6.73. The Morgan fingerprint density at radius 2 is 1.20 bits per heavy atom. The summed E-state index contributed by atoms with van der Waals surface area (Å²) < 4.78 is 0. The van der Waals surface area contributed by atoms with Gasteiger partial charge in [-0.25, -0.2) is 4.79 Å². The number of hydrogen-bond donors (Lipinski definition) is 0. The Hall–Kier alpha value is 0.157. The maximum absolute atomic E-state index is 10.7. The summed E-state index contributed by atoms with van der Waals surface area (Å²) in [7, 11) is 6.90. The third kappa shape index (κ3) is 6.28. The Balaban J connectivity index is -0.000000245. The van der Waals surface area contributed by atoms with Gasteiger partial charge in [-0.05, 0) is 0 Å². The first-order valence-electron chi connectivity index (χ1n) is 2.44. The van der Waals surface area contributed by atoms with Gasteiger partial charge in [0.15, 0.2) is 0 Å². The molecule has 0 unspecified atom stereocenters. The van der Waals surface area contributed by atoms with Gasteiger partial charge in [0.1, 0.15) is 0 Å². The summed E-state index contributed by atoms with van der Waals surface area (Å²) >= 11 is 0. The summed E-state index contributed by atoms with van der Waals surface area (Å²) in [5, 5.41) is 0. The quantitative estimate of drug-likeness (QED) is 0.323. The van der Waals surface area contributed by atoms with E-state index in [9.17, 15) is 4.79 Å². The zero-order valence-electron chi connectivity index (χ0n) is 7.18. The molecule has 0 N–H and O–H groups in total. The third-order valence-corrected chi connectivity index (χ3v) is 0.765. The molecule has 0 rings (SSSR count). The minimum Gasteiger partial charge on any atom is -1.00 e. The zero-order valence-corrected chi connectivity index (χ0v) is 7.94. The van der Waals surface area contributed by atoms with Crippen molar-refractivity contribution in [3.63, 3.8) is 0 Å². The van der Waals surface area contributed by atoms with E-state index >= 15 is 0 Å². The number of carbonyl (C=O) groups is 1. The molecule has 0 aromatic heterocycles. The first-order valence-corrected chi connectivity index (χ1v) is 2.44. The molecule has 2 amide bonds. The van der Waals surface area contributed by atoms with Crippen molar-refractivity contribution in [2.45, 2.75) is 0 Å². The Kier molecular flexibility index (Phi) is 12.1. The summed E-state index contributed by atoms with van der Waals surface area (Å²) in [5.41, 5.74) is 0. The van der Waals surface area contributed by atoms with E-state index in [2.05, 4.69) is 0 Å². The molecule has 0 heterocycles. The van der Waals surface area contributed by atoms with Crippen molar-refractivity contribution >= 4 is 6.03 Å². The summed E-state index contributed by atoms with van der Waals surface area (Å²) in [6.07, 6.45) is 0. The van der Waals surface area contributed by atoms with Gasteiger partial charge in [-0.2, -0.15) is 0 Å². The number of nitrogens with zero attached hydrogens (tertiary/aromatic N) is 2. The van der Waals surface area contributed by atoms with Gasteiger partial charge in [-0.1, -0.05) is 0 Å². The van der Waals surface area contributed by atoms with Crippen molar-refractivity contribution in [3.05, 3.63) is 0 Å². The largest absolute Gasteiger partial charge is 1.00 e. The van der Waals surface area contributed by atoms with Gasteiger partial charge in [-0.15, -0.1) is 0 Å². The molecule has 3 nitrogen and oxygen atoms in total. The van der Waals surface area contributed by atoms with Crippen LogP contribution in [0.5, 0.6) is 0 Å². The molecule has 0 aromatic rings. The van der Waals surface area contributed by atoms with Gasteiger partial charge >= 0.3 is 24.9 Å². The molecule has 56 valence electrons. The van der Waals surface area contributed by atoms with Crippen LogP contribution in [0.4, 0.5) is 4.79 Å². The van der Waals surface area contributed by atoms with Crippen LogP contribution in [-0.4, -0.2) is 44.0 Å². The average molecular weight is 159 g/mol. The summed E-state index contributed by atoms with van der Waals surface area (Å²) in [6, 6.07) is 0.0185. The van der Waals surface area contributed by atoms with E-state index in [-0.39, 0.29) is 37.3 Å². The van der Waals surface area contributed by atoms with Crippen LogP contribution in [-0.2, 0) is 0 Å². The first-order chi connectivity index (χ1) is 3.55. The second kappa shape index (κ2) is 7.27. The number of halogens is 1. The molecule has 0 fully saturated rings.